The zero-order valence-corrected chi connectivity index (χ0v) is 7.41. The van der Waals surface area contributed by atoms with Gasteiger partial charge in [-0.3, -0.25) is 4.90 Å². The number of hydrogen-bond acceptors (Lipinski definition) is 3. The third kappa shape index (κ3) is 2.10. The average molecular weight is 212 g/mol. The van der Waals surface area contributed by atoms with Crippen molar-refractivity contribution < 1.29 is 26.2 Å². The Morgan fingerprint density at radius 1 is 1.93 bits per heavy atom. The molecule has 82 valence electrons. The highest BCUT2D eigenvalue weighted by atomic mass is 19.3. The minimum Gasteiger partial charge on any atom is -0.465 e. The molecule has 0 saturated carbocycles. The third-order valence-electron chi connectivity index (χ3n) is 1.91. The molecular weight excluding hydrogens is 198 g/mol. The van der Waals surface area contributed by atoms with Gasteiger partial charge in [0.15, 0.2) is 0 Å². The number of alkyl halides is 2. The molecule has 1 heterocycles. The molecule has 0 aromatic rings. The molecule has 1 unspecified atom stereocenters. The van der Waals surface area contributed by atoms with Gasteiger partial charge >= 0.3 is 12.2 Å². The Morgan fingerprint density at radius 2 is 2.50 bits per heavy atom. The van der Waals surface area contributed by atoms with Crippen molar-refractivity contribution >= 4 is 6.09 Å². The van der Waals surface area contributed by atoms with Crippen LogP contribution in [0, 0.1) is 0 Å². The Labute approximate surface area is 82.2 Å². The van der Waals surface area contributed by atoms with E-state index in [2.05, 4.69) is 4.74 Å². The molecule has 7 heteroatoms. The Hall–Kier alpha value is -0.950. The first-order valence-electron chi connectivity index (χ1n) is 4.89. The maximum atomic E-state index is 12.9. The summed E-state index contributed by atoms with van der Waals surface area (Å²) in [7, 11) is 0. The average Bonchev–Trinajstić information content (AvgIpc) is 1.96. The number of amides is 1. The summed E-state index contributed by atoms with van der Waals surface area (Å²) in [5.41, 5.74) is 5.12. The van der Waals surface area contributed by atoms with Gasteiger partial charge in [0.05, 0.1) is 12.1 Å². The number of morpholine rings is 1. The van der Waals surface area contributed by atoms with Crippen LogP contribution in [-0.4, -0.2) is 47.4 Å². The van der Waals surface area contributed by atoms with Crippen molar-refractivity contribution in [1.29, 1.82) is 0 Å². The number of carboxylic acid groups (broad SMARTS) is 1. The zero-order valence-electron chi connectivity index (χ0n) is 9.41. The summed E-state index contributed by atoms with van der Waals surface area (Å²) in [5.74, 6) is 0. The molecule has 3 N–H and O–H groups in total. The molecule has 1 aliphatic heterocycles. The van der Waals surface area contributed by atoms with E-state index in [1.807, 2.05) is 0 Å². The minimum atomic E-state index is -3.63. The van der Waals surface area contributed by atoms with E-state index in [0.717, 1.165) is 6.92 Å². The molecule has 1 saturated heterocycles. The maximum Gasteiger partial charge on any atom is 0.407 e. The van der Waals surface area contributed by atoms with Crippen molar-refractivity contribution in [3.63, 3.8) is 0 Å². The predicted molar refractivity (Wildman–Crippen MR) is 43.1 cm³/mol. The molecular formula is C7H12F2N2O3. The summed E-state index contributed by atoms with van der Waals surface area (Å²) in [6, 6.07) is -1.47. The van der Waals surface area contributed by atoms with Crippen molar-refractivity contribution in [1.82, 2.24) is 4.90 Å². The first-order chi connectivity index (χ1) is 7.04. The number of hydrogen-bond donors (Lipinski definition) is 2. The van der Waals surface area contributed by atoms with E-state index in [0.29, 0.717) is 0 Å². The fraction of sp³-hybridized carbons (Fsp3) is 0.857. The van der Waals surface area contributed by atoms with Gasteiger partial charge in [0.2, 0.25) is 0 Å². The van der Waals surface area contributed by atoms with Crippen LogP contribution in [-0.2, 0) is 4.74 Å². The van der Waals surface area contributed by atoms with Crippen molar-refractivity contribution in [3.05, 3.63) is 0 Å². The van der Waals surface area contributed by atoms with E-state index in [1.54, 1.807) is 0 Å². The van der Waals surface area contributed by atoms with Crippen molar-refractivity contribution in [2.75, 3.05) is 13.0 Å². The lowest BCUT2D eigenvalue weighted by Crippen LogP contribution is -2.60. The molecule has 2 atom stereocenters. The van der Waals surface area contributed by atoms with E-state index in [1.165, 1.54) is 0 Å². The highest BCUT2D eigenvalue weighted by molar-refractivity contribution is 5.65. The van der Waals surface area contributed by atoms with E-state index in [9.17, 15) is 13.6 Å². The minimum absolute atomic E-state index is 0.272. The molecule has 0 bridgehead atoms. The Balaban J connectivity index is 3.02. The second-order valence-corrected chi connectivity index (χ2v) is 2.98. The highest BCUT2D eigenvalue weighted by Gasteiger charge is 2.46. The first kappa shape index (κ1) is 8.37. The van der Waals surface area contributed by atoms with E-state index < -0.39 is 37.4 Å². The van der Waals surface area contributed by atoms with Crippen molar-refractivity contribution in [2.24, 2.45) is 5.73 Å². The largest absolute Gasteiger partial charge is 0.465 e. The van der Waals surface area contributed by atoms with E-state index in [4.69, 9.17) is 13.6 Å². The Bertz CT molecular complexity index is 298. The van der Waals surface area contributed by atoms with Crippen molar-refractivity contribution in [3.8, 4) is 0 Å². The number of ether oxygens (including phenoxy) is 1. The molecule has 0 radical (unpaired) electrons. The van der Waals surface area contributed by atoms with Crippen LogP contribution in [0.3, 0.4) is 0 Å². The molecule has 1 aliphatic rings. The first-order valence-corrected chi connectivity index (χ1v) is 3.89. The van der Waals surface area contributed by atoms with Crippen LogP contribution >= 0.6 is 0 Å². The third-order valence-corrected chi connectivity index (χ3v) is 1.91. The van der Waals surface area contributed by atoms with Gasteiger partial charge in [-0.2, -0.15) is 8.78 Å². The molecule has 0 aromatic heterocycles. The van der Waals surface area contributed by atoms with E-state index in [-0.39, 0.29) is 4.90 Å². The lowest BCUT2D eigenvalue weighted by molar-refractivity contribution is -0.299. The van der Waals surface area contributed by atoms with Crippen molar-refractivity contribution in [2.45, 2.75) is 25.2 Å². The van der Waals surface area contributed by atoms with Gasteiger partial charge in [0.25, 0.3) is 0 Å². The summed E-state index contributed by atoms with van der Waals surface area (Å²) >= 11 is 0. The molecule has 5 nitrogen and oxygen atoms in total. The quantitative estimate of drug-likeness (QED) is 0.655. The van der Waals surface area contributed by atoms with Crippen LogP contribution in [0.15, 0.2) is 0 Å². The molecule has 1 fully saturated rings. The summed E-state index contributed by atoms with van der Waals surface area (Å²) in [4.78, 5) is 11.0. The van der Waals surface area contributed by atoms with Gasteiger partial charge in [-0.25, -0.2) is 4.79 Å². The monoisotopic (exact) mass is 212 g/mol. The number of halogens is 2. The van der Waals surface area contributed by atoms with Gasteiger partial charge in [0, 0.05) is 9.24 Å². The zero-order chi connectivity index (χ0) is 12.7. The molecule has 0 aliphatic carbocycles. The van der Waals surface area contributed by atoms with E-state index >= 15 is 0 Å². The van der Waals surface area contributed by atoms with Gasteiger partial charge in [0.1, 0.15) is 6.54 Å². The van der Waals surface area contributed by atoms with Crippen LogP contribution in [0.4, 0.5) is 13.6 Å². The summed E-state index contributed by atoms with van der Waals surface area (Å²) < 4.78 is 44.6. The molecule has 14 heavy (non-hydrogen) atoms. The smallest absolute Gasteiger partial charge is 0.407 e. The SMILES string of the molecule is [2H]C([2H])(N)C1[C@H](C)OC(F)(F)CN1C(=O)O. The van der Waals surface area contributed by atoms with Crippen LogP contribution in [0.5, 0.6) is 0 Å². The maximum absolute atomic E-state index is 12.9. The Morgan fingerprint density at radius 3 is 2.93 bits per heavy atom. The van der Waals surface area contributed by atoms with Gasteiger partial charge in [-0.15, -0.1) is 0 Å². The number of rotatable bonds is 1. The lowest BCUT2D eigenvalue weighted by atomic mass is 10.1. The normalized spacial score (nSPS) is 34.7. The lowest BCUT2D eigenvalue weighted by Gasteiger charge is -2.40. The topological polar surface area (TPSA) is 75.8 Å². The van der Waals surface area contributed by atoms with Crippen LogP contribution in [0.2, 0.25) is 0 Å². The second kappa shape index (κ2) is 3.66. The van der Waals surface area contributed by atoms with Crippen LogP contribution in [0.25, 0.3) is 0 Å². The molecule has 0 spiro atoms. The number of nitrogens with two attached hydrogens (primary N) is 1. The standard InChI is InChI=1S/C7H12F2N2O3/c1-4-5(2-10)11(6(12)13)3-7(8,9)14-4/h4-5H,2-3,10H2,1H3,(H,12,13)/t4-,5?/m0/s1/i2D2. The Kier molecular flexibility index (Phi) is 2.19. The highest BCUT2D eigenvalue weighted by Crippen LogP contribution is 2.28. The molecule has 1 rings (SSSR count). The fourth-order valence-electron chi connectivity index (χ4n) is 1.34. The summed E-state index contributed by atoms with van der Waals surface area (Å²) in [6.45, 7) is -2.53. The fourth-order valence-corrected chi connectivity index (χ4v) is 1.34. The van der Waals surface area contributed by atoms with Gasteiger partial charge < -0.3 is 15.6 Å². The second-order valence-electron chi connectivity index (χ2n) is 2.98. The number of carbonyl (C=O) groups is 1. The molecule has 0 aromatic carbocycles. The number of nitrogens with zero attached hydrogens (tertiary/aromatic N) is 1. The van der Waals surface area contributed by atoms with Crippen LogP contribution in [0.1, 0.15) is 9.67 Å². The van der Waals surface area contributed by atoms with Gasteiger partial charge in [-0.05, 0) is 6.92 Å². The van der Waals surface area contributed by atoms with Crippen LogP contribution < -0.4 is 5.73 Å². The van der Waals surface area contributed by atoms with Gasteiger partial charge in [-0.1, -0.05) is 0 Å². The summed E-state index contributed by atoms with van der Waals surface area (Å²) in [6.07, 6.45) is -6.62. The summed E-state index contributed by atoms with van der Waals surface area (Å²) in [5, 5.41) is 8.74. The molecule has 1 amide bonds. The predicted octanol–water partition coefficient (Wildman–Crippen LogP) is 0.305.